The van der Waals surface area contributed by atoms with Crippen LogP contribution in [0.1, 0.15) is 0 Å². The third kappa shape index (κ3) is 1.03. The van der Waals surface area contributed by atoms with E-state index in [9.17, 15) is 5.11 Å². The van der Waals surface area contributed by atoms with Crippen LogP contribution in [-0.4, -0.2) is 17.8 Å². The van der Waals surface area contributed by atoms with Crippen LogP contribution in [0.25, 0.3) is 0 Å². The predicted octanol–water partition coefficient (Wildman–Crippen LogP) is 1.87. The van der Waals surface area contributed by atoms with E-state index in [0.29, 0.717) is 6.61 Å². The smallest absolute Gasteiger partial charge is 0.114 e. The molecule has 1 spiro atoms. The van der Waals surface area contributed by atoms with Crippen LogP contribution in [0.4, 0.5) is 0 Å². The van der Waals surface area contributed by atoms with E-state index in [4.69, 9.17) is 4.74 Å². The molecule has 15 heavy (non-hydrogen) atoms. The third-order valence-corrected chi connectivity index (χ3v) is 3.18. The maximum Gasteiger partial charge on any atom is 0.114 e. The largest absolute Gasteiger partial charge is 0.492 e. The summed E-state index contributed by atoms with van der Waals surface area (Å²) in [5.41, 5.74) is 0.654. The lowest BCUT2D eigenvalue weighted by Crippen LogP contribution is -2.40. The van der Waals surface area contributed by atoms with Gasteiger partial charge < -0.3 is 9.84 Å². The topological polar surface area (TPSA) is 29.5 Å². The van der Waals surface area contributed by atoms with Gasteiger partial charge in [0.15, 0.2) is 0 Å². The number of ether oxygens (including phenoxy) is 1. The van der Waals surface area contributed by atoms with Crippen LogP contribution in [-0.2, 0) is 4.74 Å². The van der Waals surface area contributed by atoms with Crippen molar-refractivity contribution in [3.63, 3.8) is 0 Å². The first-order valence-electron chi connectivity index (χ1n) is 5.10. The summed E-state index contributed by atoms with van der Waals surface area (Å²) in [6, 6.07) is 0. The first-order chi connectivity index (χ1) is 7.34. The number of hydrogen-bond acceptors (Lipinski definition) is 2. The van der Waals surface area contributed by atoms with Crippen molar-refractivity contribution in [2.45, 2.75) is 6.10 Å². The van der Waals surface area contributed by atoms with Crippen LogP contribution in [0.15, 0.2) is 59.9 Å². The van der Waals surface area contributed by atoms with Gasteiger partial charge in [-0.2, -0.15) is 0 Å². The molecule has 3 aliphatic rings. The highest BCUT2D eigenvalue weighted by molar-refractivity contribution is 5.51. The van der Waals surface area contributed by atoms with E-state index in [2.05, 4.69) is 0 Å². The minimum Gasteiger partial charge on any atom is -0.492 e. The zero-order chi connectivity index (χ0) is 10.3. The average Bonchev–Trinajstić information content (AvgIpc) is 2.28. The Morgan fingerprint density at radius 1 is 1.33 bits per heavy atom. The lowest BCUT2D eigenvalue weighted by Gasteiger charge is -2.42. The summed E-state index contributed by atoms with van der Waals surface area (Å²) in [7, 11) is 0. The maximum atomic E-state index is 10.2. The zero-order valence-electron chi connectivity index (χ0n) is 8.26. The molecule has 0 amide bonds. The monoisotopic (exact) mass is 200 g/mol. The molecule has 0 radical (unpaired) electrons. The molecule has 1 heterocycles. The molecule has 0 aromatic heterocycles. The van der Waals surface area contributed by atoms with Crippen molar-refractivity contribution in [3.05, 3.63) is 59.9 Å². The molecule has 2 atom stereocenters. The Balaban J connectivity index is 2.22. The summed E-state index contributed by atoms with van der Waals surface area (Å²) in [5.74, 6) is 0.843. The quantitative estimate of drug-likeness (QED) is 0.646. The second-order valence-electron chi connectivity index (χ2n) is 3.92. The summed E-state index contributed by atoms with van der Waals surface area (Å²) >= 11 is 0. The normalized spacial score (nSPS) is 36.2. The van der Waals surface area contributed by atoms with Gasteiger partial charge in [0.25, 0.3) is 0 Å². The Morgan fingerprint density at radius 3 is 3.20 bits per heavy atom. The fraction of sp³-hybridized carbons (Fsp3) is 0.231. The molecule has 0 saturated carbocycles. The van der Waals surface area contributed by atoms with Crippen LogP contribution in [0.3, 0.4) is 0 Å². The molecule has 1 aliphatic heterocycles. The summed E-state index contributed by atoms with van der Waals surface area (Å²) in [6.45, 7) is 0.585. The average molecular weight is 200 g/mol. The van der Waals surface area contributed by atoms with Gasteiger partial charge in [-0.3, -0.25) is 0 Å². The van der Waals surface area contributed by atoms with Crippen molar-refractivity contribution in [1.82, 2.24) is 0 Å². The van der Waals surface area contributed by atoms with E-state index in [1.165, 1.54) is 0 Å². The van der Waals surface area contributed by atoms with Gasteiger partial charge >= 0.3 is 0 Å². The van der Waals surface area contributed by atoms with Crippen LogP contribution >= 0.6 is 0 Å². The molecule has 0 aromatic rings. The van der Waals surface area contributed by atoms with E-state index in [1.807, 2.05) is 42.5 Å². The van der Waals surface area contributed by atoms with Crippen molar-refractivity contribution in [2.24, 2.45) is 5.41 Å². The van der Waals surface area contributed by atoms with Crippen LogP contribution in [0, 0.1) is 5.41 Å². The lowest BCUT2D eigenvalue weighted by atomic mass is 9.68. The number of allylic oxidation sites excluding steroid dienone is 5. The Morgan fingerprint density at radius 2 is 2.27 bits per heavy atom. The Hall–Kier alpha value is -1.54. The third-order valence-electron chi connectivity index (χ3n) is 3.18. The van der Waals surface area contributed by atoms with Crippen molar-refractivity contribution < 1.29 is 9.84 Å². The fourth-order valence-electron chi connectivity index (χ4n) is 2.40. The molecule has 0 fully saturated rings. The Bertz CT molecular complexity index is 437. The first kappa shape index (κ1) is 8.74. The van der Waals surface area contributed by atoms with Crippen LogP contribution in [0.5, 0.6) is 0 Å². The van der Waals surface area contributed by atoms with Gasteiger partial charge in [0, 0.05) is 0 Å². The summed E-state index contributed by atoms with van der Waals surface area (Å²) in [6.07, 6.45) is 15.1. The zero-order valence-corrected chi connectivity index (χ0v) is 8.26. The van der Waals surface area contributed by atoms with Gasteiger partial charge in [0.05, 0.1) is 6.10 Å². The molecule has 1 N–H and O–H groups in total. The second-order valence-corrected chi connectivity index (χ2v) is 3.92. The summed E-state index contributed by atoms with van der Waals surface area (Å²) in [4.78, 5) is 0. The molecule has 2 nitrogen and oxygen atoms in total. The highest BCUT2D eigenvalue weighted by Gasteiger charge is 2.45. The maximum absolute atomic E-state index is 10.2. The number of rotatable bonds is 0. The highest BCUT2D eigenvalue weighted by atomic mass is 16.5. The minimum absolute atomic E-state index is 0.470. The van der Waals surface area contributed by atoms with E-state index in [-0.39, 0.29) is 0 Å². The van der Waals surface area contributed by atoms with Crippen LogP contribution < -0.4 is 0 Å². The SMILES string of the molecule is OC1C=CC=C2OCC=C3C=CC=CC321. The Kier molecular flexibility index (Phi) is 1.73. The van der Waals surface area contributed by atoms with Gasteiger partial charge in [-0.05, 0) is 17.7 Å². The molecule has 0 saturated heterocycles. The lowest BCUT2D eigenvalue weighted by molar-refractivity contribution is 0.0779. The standard InChI is InChI=1S/C13H12O2/c14-11-5-3-6-12-13(11)8-2-1-4-10(13)7-9-15-12/h1-8,11,14H,9H2. The van der Waals surface area contributed by atoms with Crippen molar-refractivity contribution in [3.8, 4) is 0 Å². The second kappa shape index (κ2) is 2.97. The van der Waals surface area contributed by atoms with Crippen molar-refractivity contribution in [2.75, 3.05) is 6.61 Å². The van der Waals surface area contributed by atoms with E-state index in [0.717, 1.165) is 11.3 Å². The van der Waals surface area contributed by atoms with E-state index < -0.39 is 11.5 Å². The number of aliphatic hydroxyl groups excluding tert-OH is 1. The predicted molar refractivity (Wildman–Crippen MR) is 58.0 cm³/mol. The molecule has 76 valence electrons. The fourth-order valence-corrected chi connectivity index (χ4v) is 2.40. The van der Waals surface area contributed by atoms with Crippen LogP contribution in [0.2, 0.25) is 0 Å². The van der Waals surface area contributed by atoms with Gasteiger partial charge in [-0.25, -0.2) is 0 Å². The number of aliphatic hydroxyl groups is 1. The summed E-state index contributed by atoms with van der Waals surface area (Å²) < 4.78 is 5.60. The summed E-state index contributed by atoms with van der Waals surface area (Å²) in [5, 5.41) is 10.2. The van der Waals surface area contributed by atoms with Gasteiger partial charge in [-0.15, -0.1) is 0 Å². The molecule has 0 bridgehead atoms. The Labute approximate surface area is 88.6 Å². The van der Waals surface area contributed by atoms with Gasteiger partial charge in [-0.1, -0.05) is 36.5 Å². The van der Waals surface area contributed by atoms with Gasteiger partial charge in [0.2, 0.25) is 0 Å². The van der Waals surface area contributed by atoms with E-state index >= 15 is 0 Å². The minimum atomic E-state index is -0.537. The molecule has 0 aromatic carbocycles. The van der Waals surface area contributed by atoms with E-state index in [1.54, 1.807) is 6.08 Å². The molecular formula is C13H12O2. The molecule has 2 heteroatoms. The van der Waals surface area contributed by atoms with Crippen molar-refractivity contribution >= 4 is 0 Å². The highest BCUT2D eigenvalue weighted by Crippen LogP contribution is 2.47. The molecule has 3 rings (SSSR count). The van der Waals surface area contributed by atoms with Gasteiger partial charge in [0.1, 0.15) is 17.8 Å². The number of hydrogen-bond donors (Lipinski definition) is 1. The molecular weight excluding hydrogens is 188 g/mol. The molecule has 2 aliphatic carbocycles. The molecule has 2 unspecified atom stereocenters. The van der Waals surface area contributed by atoms with Crippen molar-refractivity contribution in [1.29, 1.82) is 0 Å². The first-order valence-corrected chi connectivity index (χ1v) is 5.10.